The molecule has 3 nitrogen and oxygen atoms in total. The number of hydrogen-bond donors (Lipinski definition) is 1. The second-order valence-electron chi connectivity index (χ2n) is 4.53. The Kier molecular flexibility index (Phi) is 6.88. The van der Waals surface area contributed by atoms with Gasteiger partial charge in [0.2, 0.25) is 0 Å². The number of unbranched alkanes of at least 4 members (excludes halogenated alkanes) is 1. The molecule has 1 unspecified atom stereocenters. The van der Waals surface area contributed by atoms with Gasteiger partial charge in [-0.25, -0.2) is 0 Å². The van der Waals surface area contributed by atoms with Crippen LogP contribution in [0.4, 0.5) is 0 Å². The van der Waals surface area contributed by atoms with Crippen molar-refractivity contribution in [1.29, 1.82) is 0 Å². The Labute approximate surface area is 114 Å². The van der Waals surface area contributed by atoms with Gasteiger partial charge in [-0.1, -0.05) is 33.1 Å². The first-order chi connectivity index (χ1) is 8.71. The number of rotatable bonds is 8. The summed E-state index contributed by atoms with van der Waals surface area (Å²) in [7, 11) is 0. The maximum Gasteiger partial charge on any atom is 0.287 e. The fraction of sp³-hybridized carbons (Fsp3) is 0.643. The highest BCUT2D eigenvalue weighted by Crippen LogP contribution is 2.13. The van der Waals surface area contributed by atoms with Gasteiger partial charge in [0, 0.05) is 6.54 Å². The minimum Gasteiger partial charge on any atom is -0.455 e. The smallest absolute Gasteiger partial charge is 0.287 e. The highest BCUT2D eigenvalue weighted by atomic mass is 35.5. The lowest BCUT2D eigenvalue weighted by Crippen LogP contribution is -2.28. The number of halogens is 1. The molecule has 0 aliphatic rings. The van der Waals surface area contributed by atoms with Crippen molar-refractivity contribution in [2.24, 2.45) is 5.92 Å². The lowest BCUT2D eigenvalue weighted by molar-refractivity contribution is 0.0916. The van der Waals surface area contributed by atoms with Gasteiger partial charge in [0.1, 0.15) is 5.76 Å². The van der Waals surface area contributed by atoms with Gasteiger partial charge in [-0.05, 0) is 24.5 Å². The number of furan rings is 1. The molecule has 4 heteroatoms. The third kappa shape index (κ3) is 4.73. The summed E-state index contributed by atoms with van der Waals surface area (Å²) in [4.78, 5) is 11.8. The maximum absolute atomic E-state index is 11.8. The first-order valence-electron chi connectivity index (χ1n) is 6.64. The second kappa shape index (κ2) is 8.20. The van der Waals surface area contributed by atoms with Crippen molar-refractivity contribution >= 4 is 17.5 Å². The summed E-state index contributed by atoms with van der Waals surface area (Å²) in [5.41, 5.74) is 0. The first-order valence-corrected chi connectivity index (χ1v) is 7.17. The third-order valence-electron chi connectivity index (χ3n) is 3.11. The van der Waals surface area contributed by atoms with Crippen molar-refractivity contribution in [2.75, 3.05) is 6.54 Å². The van der Waals surface area contributed by atoms with Gasteiger partial charge >= 0.3 is 0 Å². The van der Waals surface area contributed by atoms with Crippen LogP contribution >= 0.6 is 11.6 Å². The van der Waals surface area contributed by atoms with Crippen LogP contribution in [0.15, 0.2) is 16.5 Å². The average Bonchev–Trinajstić information content (AvgIpc) is 2.87. The van der Waals surface area contributed by atoms with Gasteiger partial charge in [0.05, 0.1) is 5.88 Å². The highest BCUT2D eigenvalue weighted by molar-refractivity contribution is 6.16. The van der Waals surface area contributed by atoms with Crippen molar-refractivity contribution < 1.29 is 9.21 Å². The van der Waals surface area contributed by atoms with E-state index < -0.39 is 0 Å². The summed E-state index contributed by atoms with van der Waals surface area (Å²) in [6.07, 6.45) is 4.66. The molecule has 18 heavy (non-hydrogen) atoms. The predicted octanol–water partition coefficient (Wildman–Crippen LogP) is 3.96. The molecule has 0 radical (unpaired) electrons. The quantitative estimate of drug-likeness (QED) is 0.727. The summed E-state index contributed by atoms with van der Waals surface area (Å²) >= 11 is 5.63. The molecule has 0 aliphatic carbocycles. The predicted molar refractivity (Wildman–Crippen MR) is 73.9 cm³/mol. The van der Waals surface area contributed by atoms with Gasteiger partial charge in [-0.2, -0.15) is 0 Å². The van der Waals surface area contributed by atoms with Crippen molar-refractivity contribution in [2.45, 2.75) is 45.4 Å². The number of amides is 1. The summed E-state index contributed by atoms with van der Waals surface area (Å²) in [6, 6.07) is 3.40. The zero-order chi connectivity index (χ0) is 13.4. The molecule has 0 spiro atoms. The molecule has 0 bridgehead atoms. The molecule has 102 valence electrons. The van der Waals surface area contributed by atoms with E-state index in [1.165, 1.54) is 19.3 Å². The Balaban J connectivity index is 2.39. The maximum atomic E-state index is 11.8. The first kappa shape index (κ1) is 15.1. The summed E-state index contributed by atoms with van der Waals surface area (Å²) < 4.78 is 5.30. The van der Waals surface area contributed by atoms with Crippen molar-refractivity contribution in [3.63, 3.8) is 0 Å². The van der Waals surface area contributed by atoms with E-state index >= 15 is 0 Å². The van der Waals surface area contributed by atoms with Crippen LogP contribution < -0.4 is 5.32 Å². The van der Waals surface area contributed by atoms with Crippen LogP contribution in [0.1, 0.15) is 55.8 Å². The van der Waals surface area contributed by atoms with E-state index in [4.69, 9.17) is 16.0 Å². The van der Waals surface area contributed by atoms with Gasteiger partial charge in [0.25, 0.3) is 5.91 Å². The Morgan fingerprint density at radius 3 is 2.78 bits per heavy atom. The van der Waals surface area contributed by atoms with Crippen molar-refractivity contribution in [1.82, 2.24) is 5.32 Å². The Bertz CT molecular complexity index is 362. The molecule has 1 aromatic rings. The van der Waals surface area contributed by atoms with Gasteiger partial charge in [-0.15, -0.1) is 11.6 Å². The van der Waals surface area contributed by atoms with Crippen LogP contribution in [0, 0.1) is 5.92 Å². The minimum atomic E-state index is -0.152. The number of nitrogens with one attached hydrogen (secondary N) is 1. The lowest BCUT2D eigenvalue weighted by atomic mass is 9.99. The van der Waals surface area contributed by atoms with Crippen molar-refractivity contribution in [3.05, 3.63) is 23.7 Å². The van der Waals surface area contributed by atoms with Crippen LogP contribution in [0.5, 0.6) is 0 Å². The molecular formula is C14H22ClNO2. The summed E-state index contributed by atoms with van der Waals surface area (Å²) in [6.45, 7) is 5.05. The monoisotopic (exact) mass is 271 g/mol. The second-order valence-corrected chi connectivity index (χ2v) is 4.79. The number of carbonyl (C=O) groups excluding carboxylic acids is 1. The molecule has 0 saturated heterocycles. The van der Waals surface area contributed by atoms with Crippen LogP contribution in [0.3, 0.4) is 0 Å². The van der Waals surface area contributed by atoms with Gasteiger partial charge < -0.3 is 9.73 Å². The standard InChI is InChI=1S/C14H22ClNO2/c1-3-5-6-11(4-2)10-16-14(17)13-8-7-12(9-15)18-13/h7-8,11H,3-6,9-10H2,1-2H3,(H,16,17). The summed E-state index contributed by atoms with van der Waals surface area (Å²) in [5.74, 6) is 1.66. The highest BCUT2D eigenvalue weighted by Gasteiger charge is 2.13. The van der Waals surface area contributed by atoms with Crippen LogP contribution in [0.2, 0.25) is 0 Å². The molecule has 0 aliphatic heterocycles. The Hall–Kier alpha value is -0.960. The van der Waals surface area contributed by atoms with E-state index in [-0.39, 0.29) is 5.91 Å². The lowest BCUT2D eigenvalue weighted by Gasteiger charge is -2.14. The van der Waals surface area contributed by atoms with Crippen LogP contribution in [-0.4, -0.2) is 12.5 Å². The van der Waals surface area contributed by atoms with E-state index in [0.717, 1.165) is 6.42 Å². The molecule has 1 atom stereocenters. The fourth-order valence-corrected chi connectivity index (χ4v) is 1.98. The number of hydrogen-bond acceptors (Lipinski definition) is 2. The normalized spacial score (nSPS) is 12.4. The molecule has 0 saturated carbocycles. The third-order valence-corrected chi connectivity index (χ3v) is 3.38. The molecule has 0 fully saturated rings. The van der Waals surface area contributed by atoms with E-state index in [9.17, 15) is 4.79 Å². The molecule has 1 heterocycles. The zero-order valence-corrected chi connectivity index (χ0v) is 11.9. The van der Waals surface area contributed by atoms with E-state index in [1.807, 2.05) is 0 Å². The molecule has 0 aromatic carbocycles. The Morgan fingerprint density at radius 2 is 2.22 bits per heavy atom. The SMILES string of the molecule is CCCCC(CC)CNC(=O)c1ccc(CCl)o1. The number of carbonyl (C=O) groups is 1. The molecular weight excluding hydrogens is 250 g/mol. The zero-order valence-electron chi connectivity index (χ0n) is 11.2. The molecule has 1 N–H and O–H groups in total. The Morgan fingerprint density at radius 1 is 1.44 bits per heavy atom. The van der Waals surface area contributed by atoms with Crippen LogP contribution in [0.25, 0.3) is 0 Å². The summed E-state index contributed by atoms with van der Waals surface area (Å²) in [5, 5.41) is 2.92. The molecule has 1 rings (SSSR count). The van der Waals surface area contributed by atoms with E-state index in [2.05, 4.69) is 19.2 Å². The largest absolute Gasteiger partial charge is 0.455 e. The molecule has 1 amide bonds. The van der Waals surface area contributed by atoms with Crippen LogP contribution in [-0.2, 0) is 5.88 Å². The van der Waals surface area contributed by atoms with Gasteiger partial charge in [0.15, 0.2) is 5.76 Å². The van der Waals surface area contributed by atoms with Gasteiger partial charge in [-0.3, -0.25) is 4.79 Å². The molecule has 1 aromatic heterocycles. The van der Waals surface area contributed by atoms with E-state index in [0.29, 0.717) is 29.9 Å². The fourth-order valence-electron chi connectivity index (χ4n) is 1.84. The van der Waals surface area contributed by atoms with Crippen molar-refractivity contribution in [3.8, 4) is 0 Å². The minimum absolute atomic E-state index is 0.152. The average molecular weight is 272 g/mol. The topological polar surface area (TPSA) is 42.2 Å². The number of alkyl halides is 1. The van der Waals surface area contributed by atoms with E-state index in [1.54, 1.807) is 12.1 Å².